The van der Waals surface area contributed by atoms with Gasteiger partial charge < -0.3 is 14.9 Å². The quantitative estimate of drug-likeness (QED) is 0.548. The van der Waals surface area contributed by atoms with E-state index in [1.54, 1.807) is 24.0 Å². The van der Waals surface area contributed by atoms with Crippen LogP contribution in [0.2, 0.25) is 0 Å². The Morgan fingerprint density at radius 2 is 1.56 bits per heavy atom. The smallest absolute Gasteiger partial charge is 0.254 e. The van der Waals surface area contributed by atoms with Crippen molar-refractivity contribution >= 4 is 21.4 Å². The molecule has 1 aliphatic rings. The molecular formula is C26H25F3N2O4S. The van der Waals surface area contributed by atoms with Gasteiger partial charge in [-0.05, 0) is 54.4 Å². The molecular weight excluding hydrogens is 493 g/mol. The van der Waals surface area contributed by atoms with Crippen molar-refractivity contribution in [1.29, 1.82) is 0 Å². The fourth-order valence-electron chi connectivity index (χ4n) is 4.23. The van der Waals surface area contributed by atoms with Crippen molar-refractivity contribution in [2.45, 2.75) is 17.9 Å². The summed E-state index contributed by atoms with van der Waals surface area (Å²) < 4.78 is 66.9. The zero-order chi connectivity index (χ0) is 26.2. The van der Waals surface area contributed by atoms with Crippen LogP contribution in [0.5, 0.6) is 0 Å². The minimum atomic E-state index is -3.66. The molecule has 1 unspecified atom stereocenters. The highest BCUT2D eigenvalue weighted by Gasteiger charge is 2.27. The lowest BCUT2D eigenvalue weighted by Gasteiger charge is -2.36. The van der Waals surface area contributed by atoms with Gasteiger partial charge in [-0.1, -0.05) is 12.1 Å². The number of carbonyl (C=O) groups is 1. The Balaban J connectivity index is 1.62. The van der Waals surface area contributed by atoms with Crippen LogP contribution in [0, 0.1) is 17.5 Å². The molecule has 1 aliphatic heterocycles. The third-order valence-electron chi connectivity index (χ3n) is 6.23. The first kappa shape index (κ1) is 25.7. The zero-order valence-corrected chi connectivity index (χ0v) is 20.5. The van der Waals surface area contributed by atoms with E-state index in [1.807, 2.05) is 0 Å². The lowest BCUT2D eigenvalue weighted by Crippen LogP contribution is -2.49. The number of nitrogens with zero attached hydrogens (tertiary/aromatic N) is 2. The number of benzene rings is 3. The van der Waals surface area contributed by atoms with Crippen molar-refractivity contribution in [2.24, 2.45) is 0 Å². The number of aliphatic hydroxyl groups is 1. The van der Waals surface area contributed by atoms with Gasteiger partial charge in [0.15, 0.2) is 9.84 Å². The molecule has 1 saturated heterocycles. The summed E-state index contributed by atoms with van der Waals surface area (Å²) in [5.74, 6) is -2.65. The van der Waals surface area contributed by atoms with Crippen LogP contribution in [-0.2, 0) is 9.84 Å². The Bertz CT molecular complexity index is 1420. The van der Waals surface area contributed by atoms with Crippen LogP contribution >= 0.6 is 0 Å². The molecule has 36 heavy (non-hydrogen) atoms. The monoisotopic (exact) mass is 518 g/mol. The Morgan fingerprint density at radius 1 is 0.889 bits per heavy atom. The molecule has 0 bridgehead atoms. The second-order valence-corrected chi connectivity index (χ2v) is 10.8. The maximum Gasteiger partial charge on any atom is 0.254 e. The van der Waals surface area contributed by atoms with Crippen LogP contribution in [-0.4, -0.2) is 56.8 Å². The van der Waals surface area contributed by atoms with Crippen molar-refractivity contribution in [3.05, 3.63) is 83.2 Å². The number of sulfone groups is 1. The van der Waals surface area contributed by atoms with Crippen LogP contribution in [0.1, 0.15) is 28.9 Å². The fraction of sp³-hybridized carbons (Fsp3) is 0.269. The average Bonchev–Trinajstić information content (AvgIpc) is 2.83. The molecule has 0 spiro atoms. The van der Waals surface area contributed by atoms with Gasteiger partial charge in [0.05, 0.1) is 16.7 Å². The summed E-state index contributed by atoms with van der Waals surface area (Å²) in [4.78, 5) is 16.7. The van der Waals surface area contributed by atoms with Crippen LogP contribution in [0.3, 0.4) is 0 Å². The molecule has 0 aromatic heterocycles. The second kappa shape index (κ2) is 9.94. The predicted molar refractivity (Wildman–Crippen MR) is 130 cm³/mol. The van der Waals surface area contributed by atoms with Gasteiger partial charge in [0, 0.05) is 49.6 Å². The summed E-state index contributed by atoms with van der Waals surface area (Å²) in [6, 6.07) is 11.3. The van der Waals surface area contributed by atoms with E-state index in [1.165, 1.54) is 35.2 Å². The van der Waals surface area contributed by atoms with Gasteiger partial charge in [0.25, 0.3) is 5.91 Å². The molecule has 3 aromatic carbocycles. The number of carbonyl (C=O) groups excluding carboxylic acids is 1. The third-order valence-corrected chi connectivity index (χ3v) is 7.34. The first-order chi connectivity index (χ1) is 17.0. The summed E-state index contributed by atoms with van der Waals surface area (Å²) in [6.07, 6.45) is 0.205. The molecule has 1 fully saturated rings. The molecule has 10 heteroatoms. The van der Waals surface area contributed by atoms with Crippen molar-refractivity contribution in [3.8, 4) is 11.1 Å². The van der Waals surface area contributed by atoms with Gasteiger partial charge in [-0.25, -0.2) is 21.6 Å². The highest BCUT2D eigenvalue weighted by atomic mass is 32.2. The highest BCUT2D eigenvalue weighted by Crippen LogP contribution is 2.31. The molecule has 1 atom stereocenters. The van der Waals surface area contributed by atoms with Crippen LogP contribution in [0.4, 0.5) is 18.9 Å². The minimum Gasteiger partial charge on any atom is -0.389 e. The Labute approximate surface area is 207 Å². The van der Waals surface area contributed by atoms with Crippen molar-refractivity contribution in [3.63, 3.8) is 0 Å². The third kappa shape index (κ3) is 5.24. The van der Waals surface area contributed by atoms with Gasteiger partial charge in [-0.3, -0.25) is 4.79 Å². The zero-order valence-electron chi connectivity index (χ0n) is 19.7. The first-order valence-corrected chi connectivity index (χ1v) is 13.2. The molecule has 6 nitrogen and oxygen atoms in total. The van der Waals surface area contributed by atoms with E-state index in [0.29, 0.717) is 30.4 Å². The number of aliphatic hydroxyl groups excluding tert-OH is 1. The summed E-state index contributed by atoms with van der Waals surface area (Å²) in [7, 11) is -3.66. The Morgan fingerprint density at radius 3 is 2.14 bits per heavy atom. The summed E-state index contributed by atoms with van der Waals surface area (Å²) in [6.45, 7) is 2.59. The number of amides is 1. The topological polar surface area (TPSA) is 77.9 Å². The standard InChI is InChI=1S/C26H25F3N2O4S/c1-16(32)17-3-8-25(24(29)13-17)30-9-11-31(12-10-30)26(33)22-15-19(36(2,34)35)5-7-20(22)21-6-4-18(27)14-23(21)28/h3-8,13-16,32H,9-12H2,1-2H3. The number of hydrogen-bond donors (Lipinski definition) is 1. The first-order valence-electron chi connectivity index (χ1n) is 11.3. The predicted octanol–water partition coefficient (Wildman–Crippen LogP) is 4.19. The minimum absolute atomic E-state index is 0.0237. The molecule has 1 heterocycles. The number of piperazine rings is 1. The summed E-state index contributed by atoms with van der Waals surface area (Å²) in [5.41, 5.74) is 0.895. The number of anilines is 1. The van der Waals surface area contributed by atoms with Crippen LogP contribution < -0.4 is 4.90 Å². The lowest BCUT2D eigenvalue weighted by atomic mass is 9.98. The van der Waals surface area contributed by atoms with E-state index < -0.39 is 39.3 Å². The average molecular weight is 519 g/mol. The fourth-order valence-corrected chi connectivity index (χ4v) is 4.88. The lowest BCUT2D eigenvalue weighted by molar-refractivity contribution is 0.0747. The van der Waals surface area contributed by atoms with Crippen LogP contribution in [0.15, 0.2) is 59.5 Å². The number of halogens is 3. The SMILES string of the molecule is CC(O)c1ccc(N2CCN(C(=O)c3cc(S(C)(=O)=O)ccc3-c3ccc(F)cc3F)CC2)c(F)c1. The van der Waals surface area contributed by atoms with Gasteiger partial charge >= 0.3 is 0 Å². The molecule has 0 radical (unpaired) electrons. The molecule has 1 amide bonds. The van der Waals surface area contributed by atoms with Crippen molar-refractivity contribution in [1.82, 2.24) is 4.90 Å². The van der Waals surface area contributed by atoms with Gasteiger partial charge in [0.2, 0.25) is 0 Å². The number of hydrogen-bond acceptors (Lipinski definition) is 5. The normalized spacial score (nSPS) is 15.2. The molecule has 1 N–H and O–H groups in total. The maximum atomic E-state index is 14.6. The van der Waals surface area contributed by atoms with E-state index in [0.717, 1.165) is 12.3 Å². The van der Waals surface area contributed by atoms with E-state index in [2.05, 4.69) is 0 Å². The summed E-state index contributed by atoms with van der Waals surface area (Å²) in [5, 5.41) is 9.65. The molecule has 0 aliphatic carbocycles. The number of rotatable bonds is 5. The molecule has 3 aromatic rings. The largest absolute Gasteiger partial charge is 0.389 e. The van der Waals surface area contributed by atoms with Gasteiger partial charge in [-0.2, -0.15) is 0 Å². The van der Waals surface area contributed by atoms with Gasteiger partial charge in [-0.15, -0.1) is 0 Å². The molecule has 0 saturated carbocycles. The van der Waals surface area contributed by atoms with Crippen molar-refractivity contribution < 1.29 is 31.5 Å². The van der Waals surface area contributed by atoms with Gasteiger partial charge in [0.1, 0.15) is 17.5 Å². The summed E-state index contributed by atoms with van der Waals surface area (Å²) >= 11 is 0. The van der Waals surface area contributed by atoms with Crippen LogP contribution in [0.25, 0.3) is 11.1 Å². The second-order valence-electron chi connectivity index (χ2n) is 8.77. The van der Waals surface area contributed by atoms with E-state index in [4.69, 9.17) is 0 Å². The van der Waals surface area contributed by atoms with E-state index in [-0.39, 0.29) is 34.7 Å². The molecule has 190 valence electrons. The van der Waals surface area contributed by atoms with Crippen molar-refractivity contribution in [2.75, 3.05) is 37.3 Å². The maximum absolute atomic E-state index is 14.6. The highest BCUT2D eigenvalue weighted by molar-refractivity contribution is 7.90. The Kier molecular flexibility index (Phi) is 7.10. The Hall–Kier alpha value is -3.37. The van der Waals surface area contributed by atoms with E-state index in [9.17, 15) is 31.5 Å². The van der Waals surface area contributed by atoms with E-state index >= 15 is 0 Å². The molecule has 4 rings (SSSR count).